The lowest BCUT2D eigenvalue weighted by Gasteiger charge is -2.33. The molecule has 0 bridgehead atoms. The van der Waals surface area contributed by atoms with E-state index in [1.54, 1.807) is 0 Å². The van der Waals surface area contributed by atoms with Gasteiger partial charge in [-0.05, 0) is 24.3 Å². The number of hydrazine groups is 2. The molecule has 0 saturated heterocycles. The van der Waals surface area contributed by atoms with Crippen molar-refractivity contribution in [2.45, 2.75) is 9.96 Å². The van der Waals surface area contributed by atoms with Crippen LogP contribution in [0.3, 0.4) is 0 Å². The topological polar surface area (TPSA) is 92.8 Å². The molecule has 0 N–H and O–H groups in total. The van der Waals surface area contributed by atoms with Crippen molar-refractivity contribution in [1.82, 2.24) is 0 Å². The van der Waals surface area contributed by atoms with Crippen LogP contribution in [0.2, 0.25) is 10.0 Å². The molecule has 0 amide bonds. The number of nitro groups is 2. The Morgan fingerprint density at radius 1 is 0.778 bits per heavy atom. The summed E-state index contributed by atoms with van der Waals surface area (Å²) in [6.45, 7) is 0. The van der Waals surface area contributed by atoms with E-state index >= 15 is 0 Å². The number of benzene rings is 2. The van der Waals surface area contributed by atoms with Crippen molar-refractivity contribution in [2.24, 2.45) is 0 Å². The monoisotopic (exact) mass is 472 g/mol. The Hall–Kier alpha value is -1.71. The van der Waals surface area contributed by atoms with Crippen molar-refractivity contribution in [3.8, 4) is 0 Å². The number of anilines is 2. The molecule has 8 nitrogen and oxygen atoms in total. The largest absolute Gasteiger partial charge is 0.275 e. The first-order chi connectivity index (χ1) is 12.6. The van der Waals surface area contributed by atoms with Crippen LogP contribution < -0.4 is 10.0 Å². The highest BCUT2D eigenvalue weighted by atomic mass is 35.6. The maximum absolute atomic E-state index is 11.8. The van der Waals surface area contributed by atoms with Crippen LogP contribution in [0, 0.1) is 20.2 Å². The summed E-state index contributed by atoms with van der Waals surface area (Å²) in [5.74, 6) is 0. The van der Waals surface area contributed by atoms with E-state index in [2.05, 4.69) is 0 Å². The second-order valence-electron chi connectivity index (χ2n) is 4.98. The first-order valence-corrected chi connectivity index (χ1v) is 8.87. The van der Waals surface area contributed by atoms with E-state index in [0.29, 0.717) is 10.0 Å². The molecule has 13 heteroatoms. The normalized spacial score (nSPS) is 11.3. The molecule has 0 saturated carbocycles. The Balaban J connectivity index is 2.75. The van der Waals surface area contributed by atoms with Crippen molar-refractivity contribution in [2.75, 3.05) is 10.0 Å². The van der Waals surface area contributed by atoms with Gasteiger partial charge < -0.3 is 0 Å². The standard InChI is InChI=1S/C14H9Cl5N4O4/c15-9-5-1-3-7-11(9)20(22(24)25)13(14(17,18)19)21(23(26)27)12-8-4-2-6-10(12)16/h1-8,13H. The van der Waals surface area contributed by atoms with Crippen LogP contribution >= 0.6 is 58.0 Å². The summed E-state index contributed by atoms with van der Waals surface area (Å²) in [4.78, 5) is 23.6. The average Bonchev–Trinajstić information content (AvgIpc) is 2.55. The first kappa shape index (κ1) is 21.6. The molecule has 2 rings (SSSR count). The molecule has 2 aromatic carbocycles. The summed E-state index contributed by atoms with van der Waals surface area (Å²) in [5.41, 5.74) is -0.418. The van der Waals surface area contributed by atoms with Gasteiger partial charge in [0.05, 0.1) is 10.0 Å². The van der Waals surface area contributed by atoms with Crippen molar-refractivity contribution in [3.63, 3.8) is 0 Å². The molecular weight excluding hydrogens is 465 g/mol. The zero-order valence-electron chi connectivity index (χ0n) is 13.0. The van der Waals surface area contributed by atoms with Crippen LogP contribution in [-0.4, -0.2) is 20.0 Å². The number of alkyl halides is 3. The minimum absolute atomic E-state index is 0.0732. The van der Waals surface area contributed by atoms with Crippen molar-refractivity contribution in [3.05, 3.63) is 78.8 Å². The Morgan fingerprint density at radius 2 is 1.11 bits per heavy atom. The van der Waals surface area contributed by atoms with E-state index in [9.17, 15) is 20.2 Å². The molecule has 0 aromatic heterocycles. The molecule has 0 unspecified atom stereocenters. The fourth-order valence-electron chi connectivity index (χ4n) is 2.27. The predicted molar refractivity (Wildman–Crippen MR) is 106 cm³/mol. The lowest BCUT2D eigenvalue weighted by atomic mass is 10.2. The lowest BCUT2D eigenvalue weighted by Crippen LogP contribution is -2.60. The van der Waals surface area contributed by atoms with Gasteiger partial charge in [0, 0.05) is 0 Å². The van der Waals surface area contributed by atoms with Gasteiger partial charge in [-0.3, -0.25) is 0 Å². The summed E-state index contributed by atoms with van der Waals surface area (Å²) in [6, 6.07) is 11.2. The van der Waals surface area contributed by atoms with E-state index in [0.717, 1.165) is 0 Å². The molecular formula is C14H9Cl5N4O4. The molecule has 0 aliphatic carbocycles. The van der Waals surface area contributed by atoms with Crippen LogP contribution in [0.1, 0.15) is 0 Å². The summed E-state index contributed by atoms with van der Waals surface area (Å²) < 4.78 is -2.52. The molecule has 0 atom stereocenters. The number of hydrogen-bond donors (Lipinski definition) is 0. The third-order valence-corrected chi connectivity index (χ3v) is 4.53. The summed E-state index contributed by atoms with van der Waals surface area (Å²) in [7, 11) is 0. The molecule has 0 fully saturated rings. The highest BCUT2D eigenvalue weighted by Gasteiger charge is 2.54. The minimum atomic E-state index is -2.52. The zero-order valence-corrected chi connectivity index (χ0v) is 16.8. The summed E-state index contributed by atoms with van der Waals surface area (Å²) in [6.07, 6.45) is -2.03. The number of halogens is 5. The third kappa shape index (κ3) is 4.77. The molecule has 0 spiro atoms. The Labute approximate surface area is 178 Å². The van der Waals surface area contributed by atoms with Gasteiger partial charge in [0.15, 0.2) is 10.1 Å². The predicted octanol–water partition coefficient (Wildman–Crippen LogP) is 5.39. The van der Waals surface area contributed by atoms with Gasteiger partial charge in [0.25, 0.3) is 6.17 Å². The average molecular weight is 475 g/mol. The minimum Gasteiger partial charge on any atom is -0.234 e. The number of para-hydroxylation sites is 2. The fourth-order valence-corrected chi connectivity index (χ4v) is 3.27. The van der Waals surface area contributed by atoms with E-state index in [1.807, 2.05) is 0 Å². The van der Waals surface area contributed by atoms with Gasteiger partial charge >= 0.3 is 0 Å². The van der Waals surface area contributed by atoms with E-state index in [-0.39, 0.29) is 21.4 Å². The maximum atomic E-state index is 11.8. The van der Waals surface area contributed by atoms with Crippen molar-refractivity contribution in [1.29, 1.82) is 0 Å². The number of nitrogens with zero attached hydrogens (tertiary/aromatic N) is 4. The summed E-state index contributed by atoms with van der Waals surface area (Å²) >= 11 is 29.9. The van der Waals surface area contributed by atoms with E-state index in [1.165, 1.54) is 48.5 Å². The van der Waals surface area contributed by atoms with Crippen LogP contribution in [0.25, 0.3) is 0 Å². The highest BCUT2D eigenvalue weighted by Crippen LogP contribution is 2.42. The fraction of sp³-hybridized carbons (Fsp3) is 0.143. The molecule has 0 radical (unpaired) electrons. The van der Waals surface area contributed by atoms with Crippen LogP contribution in [-0.2, 0) is 0 Å². The van der Waals surface area contributed by atoms with Crippen LogP contribution in [0.15, 0.2) is 48.5 Å². The van der Waals surface area contributed by atoms with Crippen LogP contribution in [0.4, 0.5) is 11.4 Å². The molecule has 0 aliphatic rings. The van der Waals surface area contributed by atoms with Gasteiger partial charge in [0.1, 0.15) is 11.4 Å². The Kier molecular flexibility index (Phi) is 6.82. The quantitative estimate of drug-likeness (QED) is 0.241. The van der Waals surface area contributed by atoms with Crippen molar-refractivity contribution >= 4 is 69.4 Å². The Bertz CT molecular complexity index is 800. The number of rotatable bonds is 6. The molecule has 144 valence electrons. The van der Waals surface area contributed by atoms with Crippen LogP contribution in [0.5, 0.6) is 0 Å². The molecule has 27 heavy (non-hydrogen) atoms. The second kappa shape index (κ2) is 8.53. The molecule has 0 aliphatic heterocycles. The van der Waals surface area contributed by atoms with Gasteiger partial charge in [-0.25, -0.2) is 20.2 Å². The Morgan fingerprint density at radius 3 is 1.37 bits per heavy atom. The molecule has 2 aromatic rings. The van der Waals surface area contributed by atoms with Gasteiger partial charge in [-0.1, -0.05) is 92.3 Å². The van der Waals surface area contributed by atoms with E-state index < -0.39 is 20.0 Å². The first-order valence-electron chi connectivity index (χ1n) is 6.98. The third-order valence-electron chi connectivity index (χ3n) is 3.31. The molecule has 0 heterocycles. The summed E-state index contributed by atoms with van der Waals surface area (Å²) in [5, 5.41) is 22.1. The number of hydrogen-bond acceptors (Lipinski definition) is 4. The van der Waals surface area contributed by atoms with Gasteiger partial charge in [0.2, 0.25) is 3.79 Å². The highest BCUT2D eigenvalue weighted by molar-refractivity contribution is 6.68. The maximum Gasteiger partial charge on any atom is 0.275 e. The smallest absolute Gasteiger partial charge is 0.234 e. The lowest BCUT2D eigenvalue weighted by molar-refractivity contribution is -0.535. The van der Waals surface area contributed by atoms with Gasteiger partial charge in [-0.15, -0.1) is 0 Å². The van der Waals surface area contributed by atoms with Gasteiger partial charge in [-0.2, -0.15) is 0 Å². The zero-order chi connectivity index (χ0) is 20.4. The van der Waals surface area contributed by atoms with E-state index in [4.69, 9.17) is 58.0 Å². The second-order valence-corrected chi connectivity index (χ2v) is 8.17. The SMILES string of the molecule is O=[N+]([O-])N(c1ccccc1Cl)C(N(c1ccccc1Cl)[N+](=O)[O-])C(Cl)(Cl)Cl. The van der Waals surface area contributed by atoms with Crippen molar-refractivity contribution < 1.29 is 10.1 Å².